The minimum absolute atomic E-state index is 0.0197. The maximum absolute atomic E-state index is 12.2. The van der Waals surface area contributed by atoms with E-state index in [9.17, 15) is 9.59 Å². The molecule has 0 aliphatic rings. The quantitative estimate of drug-likeness (QED) is 0.436. The van der Waals surface area contributed by atoms with E-state index >= 15 is 0 Å². The summed E-state index contributed by atoms with van der Waals surface area (Å²) in [5, 5.41) is 2.92. The fourth-order valence-electron chi connectivity index (χ4n) is 2.55. The molecule has 28 heavy (non-hydrogen) atoms. The van der Waals surface area contributed by atoms with Gasteiger partial charge < -0.3 is 10.1 Å². The lowest BCUT2D eigenvalue weighted by Gasteiger charge is -2.17. The van der Waals surface area contributed by atoms with Crippen LogP contribution in [-0.4, -0.2) is 17.5 Å². The zero-order valence-corrected chi connectivity index (χ0v) is 18.1. The van der Waals surface area contributed by atoms with Gasteiger partial charge in [0.2, 0.25) is 5.91 Å². The molecule has 4 nitrogen and oxygen atoms in total. The molecule has 0 spiro atoms. The van der Waals surface area contributed by atoms with E-state index in [2.05, 4.69) is 33.4 Å². The van der Waals surface area contributed by atoms with Crippen LogP contribution in [0, 0.1) is 0 Å². The summed E-state index contributed by atoms with van der Waals surface area (Å²) < 4.78 is 6.00. The molecule has 0 bridgehead atoms. The topological polar surface area (TPSA) is 55.4 Å². The Morgan fingerprint density at radius 3 is 2.46 bits per heavy atom. The smallest absolute Gasteiger partial charge is 0.331 e. The van der Waals surface area contributed by atoms with Crippen molar-refractivity contribution in [1.82, 2.24) is 0 Å². The summed E-state index contributed by atoms with van der Waals surface area (Å²) in [5.74, 6) is -0.409. The Kier molecular flexibility index (Phi) is 8.00. The van der Waals surface area contributed by atoms with Crippen molar-refractivity contribution >= 4 is 39.6 Å². The number of esters is 1. The van der Waals surface area contributed by atoms with Crippen LogP contribution < -0.4 is 5.32 Å². The number of halogens is 1. The monoisotopic (exact) mass is 443 g/mol. The standard InChI is InChI=1S/C23H26BrNO3/c1-23(2,3)28-22(27)15-13-18-12-14-20(19(24)16-18)25-21(26)11-7-10-17-8-5-4-6-9-17/h4-6,8-9,12-16H,7,10-11H2,1-3H3,(H,25,26)/b15-13+. The highest BCUT2D eigenvalue weighted by atomic mass is 79.9. The first kappa shape index (κ1) is 21.9. The van der Waals surface area contributed by atoms with Gasteiger partial charge in [-0.3, -0.25) is 4.79 Å². The minimum atomic E-state index is -0.517. The number of aryl methyl sites for hydroxylation is 1. The lowest BCUT2D eigenvalue weighted by atomic mass is 10.1. The van der Waals surface area contributed by atoms with Crippen LogP contribution in [0.1, 0.15) is 44.7 Å². The lowest BCUT2D eigenvalue weighted by molar-refractivity contribution is -0.148. The molecule has 0 aliphatic carbocycles. The molecular formula is C23H26BrNO3. The summed E-state index contributed by atoms with van der Waals surface area (Å²) in [4.78, 5) is 23.9. The number of ether oxygens (including phenoxy) is 1. The molecule has 2 aromatic rings. The second-order valence-corrected chi connectivity index (χ2v) is 8.35. The molecule has 2 aromatic carbocycles. The van der Waals surface area contributed by atoms with Crippen LogP contribution >= 0.6 is 15.9 Å². The summed E-state index contributed by atoms with van der Waals surface area (Å²) >= 11 is 3.47. The van der Waals surface area contributed by atoms with Gasteiger partial charge in [-0.15, -0.1) is 0 Å². The Bertz CT molecular complexity index is 839. The maximum atomic E-state index is 12.2. The number of carbonyl (C=O) groups excluding carboxylic acids is 2. The predicted molar refractivity (Wildman–Crippen MR) is 117 cm³/mol. The fourth-order valence-corrected chi connectivity index (χ4v) is 3.04. The molecular weight excluding hydrogens is 418 g/mol. The Morgan fingerprint density at radius 2 is 1.82 bits per heavy atom. The van der Waals surface area contributed by atoms with Gasteiger partial charge in [0.1, 0.15) is 5.60 Å². The van der Waals surface area contributed by atoms with E-state index in [1.807, 2.05) is 57.2 Å². The molecule has 0 saturated carbocycles. The SMILES string of the molecule is CC(C)(C)OC(=O)/C=C/c1ccc(NC(=O)CCCc2ccccc2)c(Br)c1. The average Bonchev–Trinajstić information content (AvgIpc) is 2.61. The third-order valence-electron chi connectivity index (χ3n) is 3.80. The van der Waals surface area contributed by atoms with Crippen molar-refractivity contribution in [2.75, 3.05) is 5.32 Å². The van der Waals surface area contributed by atoms with Crippen LogP contribution in [0.5, 0.6) is 0 Å². The highest BCUT2D eigenvalue weighted by Gasteiger charge is 2.14. The van der Waals surface area contributed by atoms with Gasteiger partial charge in [-0.1, -0.05) is 36.4 Å². The Balaban J connectivity index is 1.86. The molecule has 2 rings (SSSR count). The highest BCUT2D eigenvalue weighted by molar-refractivity contribution is 9.10. The number of hydrogen-bond acceptors (Lipinski definition) is 3. The van der Waals surface area contributed by atoms with Crippen molar-refractivity contribution in [3.63, 3.8) is 0 Å². The van der Waals surface area contributed by atoms with Crippen LogP contribution in [0.2, 0.25) is 0 Å². The molecule has 5 heteroatoms. The van der Waals surface area contributed by atoms with E-state index in [0.717, 1.165) is 22.9 Å². The summed E-state index contributed by atoms with van der Waals surface area (Å²) in [6.07, 6.45) is 5.22. The van der Waals surface area contributed by atoms with Crippen LogP contribution in [0.15, 0.2) is 59.1 Å². The second kappa shape index (κ2) is 10.2. The third-order valence-corrected chi connectivity index (χ3v) is 4.45. The molecule has 0 unspecified atom stereocenters. The van der Waals surface area contributed by atoms with Gasteiger partial charge in [-0.2, -0.15) is 0 Å². The fraction of sp³-hybridized carbons (Fsp3) is 0.304. The Hall–Kier alpha value is -2.40. The van der Waals surface area contributed by atoms with E-state index in [1.165, 1.54) is 11.6 Å². The van der Waals surface area contributed by atoms with Crippen molar-refractivity contribution < 1.29 is 14.3 Å². The summed E-state index contributed by atoms with van der Waals surface area (Å²) in [7, 11) is 0. The highest BCUT2D eigenvalue weighted by Crippen LogP contribution is 2.24. The number of amides is 1. The molecule has 0 aliphatic heterocycles. The molecule has 0 heterocycles. The lowest BCUT2D eigenvalue weighted by Crippen LogP contribution is -2.22. The van der Waals surface area contributed by atoms with Crippen LogP contribution in [0.25, 0.3) is 6.08 Å². The first-order valence-electron chi connectivity index (χ1n) is 9.27. The van der Waals surface area contributed by atoms with Crippen molar-refractivity contribution in [2.45, 2.75) is 45.6 Å². The molecule has 0 fully saturated rings. The van der Waals surface area contributed by atoms with Gasteiger partial charge in [0.05, 0.1) is 5.69 Å². The van der Waals surface area contributed by atoms with E-state index in [1.54, 1.807) is 6.08 Å². The van der Waals surface area contributed by atoms with Crippen LogP contribution in [-0.2, 0) is 20.7 Å². The van der Waals surface area contributed by atoms with Gasteiger partial charge >= 0.3 is 5.97 Å². The van der Waals surface area contributed by atoms with Gasteiger partial charge in [-0.05, 0) is 78.9 Å². The normalized spacial score (nSPS) is 11.4. The van der Waals surface area contributed by atoms with Crippen LogP contribution in [0.4, 0.5) is 5.69 Å². The van der Waals surface area contributed by atoms with E-state index in [4.69, 9.17) is 4.74 Å². The van der Waals surface area contributed by atoms with Gasteiger partial charge in [0, 0.05) is 17.0 Å². The van der Waals surface area contributed by atoms with Gasteiger partial charge in [0.25, 0.3) is 0 Å². The van der Waals surface area contributed by atoms with Crippen molar-refractivity contribution in [3.05, 3.63) is 70.2 Å². The molecule has 0 saturated heterocycles. The third kappa shape index (κ3) is 8.09. The maximum Gasteiger partial charge on any atom is 0.331 e. The molecule has 0 aromatic heterocycles. The summed E-state index contributed by atoms with van der Waals surface area (Å²) in [5.41, 5.74) is 2.26. The first-order chi connectivity index (χ1) is 13.2. The molecule has 148 valence electrons. The zero-order valence-electron chi connectivity index (χ0n) is 16.5. The number of carbonyl (C=O) groups is 2. The number of anilines is 1. The average molecular weight is 444 g/mol. The predicted octanol–water partition coefficient (Wildman–Crippen LogP) is 5.77. The van der Waals surface area contributed by atoms with Crippen LogP contribution in [0.3, 0.4) is 0 Å². The van der Waals surface area contributed by atoms with Crippen molar-refractivity contribution in [1.29, 1.82) is 0 Å². The Morgan fingerprint density at radius 1 is 1.11 bits per heavy atom. The number of hydrogen-bond donors (Lipinski definition) is 1. The van der Waals surface area contributed by atoms with E-state index in [-0.39, 0.29) is 11.9 Å². The number of nitrogens with one attached hydrogen (secondary N) is 1. The van der Waals surface area contributed by atoms with E-state index < -0.39 is 5.60 Å². The van der Waals surface area contributed by atoms with Crippen molar-refractivity contribution in [2.24, 2.45) is 0 Å². The second-order valence-electron chi connectivity index (χ2n) is 7.49. The largest absolute Gasteiger partial charge is 0.457 e. The molecule has 1 amide bonds. The Labute approximate surface area is 175 Å². The van der Waals surface area contributed by atoms with Gasteiger partial charge in [-0.25, -0.2) is 4.79 Å². The van der Waals surface area contributed by atoms with Gasteiger partial charge in [0.15, 0.2) is 0 Å². The minimum Gasteiger partial charge on any atom is -0.457 e. The molecule has 1 N–H and O–H groups in total. The first-order valence-corrected chi connectivity index (χ1v) is 10.1. The van der Waals surface area contributed by atoms with E-state index in [0.29, 0.717) is 12.1 Å². The number of benzene rings is 2. The summed E-state index contributed by atoms with van der Waals surface area (Å²) in [6, 6.07) is 15.6. The summed E-state index contributed by atoms with van der Waals surface area (Å²) in [6.45, 7) is 5.48. The molecule has 0 atom stereocenters. The zero-order chi connectivity index (χ0) is 20.6. The van der Waals surface area contributed by atoms with Crippen molar-refractivity contribution in [3.8, 4) is 0 Å². The number of rotatable bonds is 7. The molecule has 0 radical (unpaired) electrons.